The summed E-state index contributed by atoms with van der Waals surface area (Å²) in [6, 6.07) is 15.3. The molecule has 0 saturated carbocycles. The van der Waals surface area contributed by atoms with Crippen LogP contribution in [0, 0.1) is 6.92 Å². The predicted molar refractivity (Wildman–Crippen MR) is 107 cm³/mol. The standard InChI is InChI=1S/C22H27NO2S/c1-3-6-19-11-12-20-7-4-5-8-21(20)17-23(16-15-19)26(24,25)22-13-9-18(2)10-14-22/h4-5,7-10,13-15H,3,6,11-12,16-17H2,1-2H3/b19-15+. The molecule has 1 aliphatic heterocycles. The van der Waals surface area contributed by atoms with Crippen molar-refractivity contribution in [3.63, 3.8) is 0 Å². The van der Waals surface area contributed by atoms with E-state index >= 15 is 0 Å². The first-order chi connectivity index (χ1) is 12.5. The zero-order valence-electron chi connectivity index (χ0n) is 15.6. The minimum atomic E-state index is -3.53. The molecule has 138 valence electrons. The van der Waals surface area contributed by atoms with Gasteiger partial charge in [-0.3, -0.25) is 0 Å². The molecule has 0 saturated heterocycles. The Morgan fingerprint density at radius 3 is 2.35 bits per heavy atom. The van der Waals surface area contributed by atoms with Gasteiger partial charge in [0.15, 0.2) is 0 Å². The lowest BCUT2D eigenvalue weighted by atomic mass is 9.98. The van der Waals surface area contributed by atoms with Gasteiger partial charge in [0.2, 0.25) is 10.0 Å². The first-order valence-corrected chi connectivity index (χ1v) is 10.8. The van der Waals surface area contributed by atoms with Crippen molar-refractivity contribution in [1.82, 2.24) is 4.31 Å². The molecule has 0 atom stereocenters. The van der Waals surface area contributed by atoms with E-state index < -0.39 is 10.0 Å². The van der Waals surface area contributed by atoms with Gasteiger partial charge in [0.25, 0.3) is 0 Å². The fraction of sp³-hybridized carbons (Fsp3) is 0.364. The van der Waals surface area contributed by atoms with E-state index in [0.29, 0.717) is 18.0 Å². The number of hydrogen-bond acceptors (Lipinski definition) is 2. The Kier molecular flexibility index (Phi) is 5.94. The van der Waals surface area contributed by atoms with Gasteiger partial charge < -0.3 is 0 Å². The van der Waals surface area contributed by atoms with Crippen LogP contribution in [0.1, 0.15) is 42.9 Å². The topological polar surface area (TPSA) is 37.4 Å². The normalized spacial score (nSPS) is 18.2. The van der Waals surface area contributed by atoms with Crippen molar-refractivity contribution in [2.24, 2.45) is 0 Å². The fourth-order valence-electron chi connectivity index (χ4n) is 3.43. The molecule has 0 unspecified atom stereocenters. The van der Waals surface area contributed by atoms with Crippen molar-refractivity contribution in [1.29, 1.82) is 0 Å². The Balaban J connectivity index is 2.00. The highest BCUT2D eigenvalue weighted by Crippen LogP contribution is 2.25. The molecule has 0 radical (unpaired) electrons. The summed E-state index contributed by atoms with van der Waals surface area (Å²) < 4.78 is 28.1. The molecular weight excluding hydrogens is 342 g/mol. The highest BCUT2D eigenvalue weighted by molar-refractivity contribution is 7.89. The van der Waals surface area contributed by atoms with Gasteiger partial charge in [-0.05, 0) is 49.4 Å². The van der Waals surface area contributed by atoms with Crippen LogP contribution < -0.4 is 0 Å². The van der Waals surface area contributed by atoms with Crippen molar-refractivity contribution in [3.05, 3.63) is 76.9 Å². The Labute approximate surface area is 157 Å². The number of fused-ring (bicyclic) bond motifs is 1. The van der Waals surface area contributed by atoms with Gasteiger partial charge in [0.05, 0.1) is 4.90 Å². The van der Waals surface area contributed by atoms with Gasteiger partial charge in [0.1, 0.15) is 0 Å². The zero-order chi connectivity index (χ0) is 18.6. The van der Waals surface area contributed by atoms with Gasteiger partial charge in [-0.15, -0.1) is 0 Å². The van der Waals surface area contributed by atoms with E-state index in [2.05, 4.69) is 25.1 Å². The summed E-state index contributed by atoms with van der Waals surface area (Å²) in [5.41, 5.74) is 4.77. The van der Waals surface area contributed by atoms with Crippen LogP contribution in [0.3, 0.4) is 0 Å². The summed E-state index contributed by atoms with van der Waals surface area (Å²) in [4.78, 5) is 0.366. The lowest BCUT2D eigenvalue weighted by Gasteiger charge is -2.22. The second-order valence-electron chi connectivity index (χ2n) is 6.99. The molecule has 26 heavy (non-hydrogen) atoms. The number of benzene rings is 2. The molecule has 2 aromatic carbocycles. The summed E-state index contributed by atoms with van der Waals surface area (Å²) in [5.74, 6) is 0. The van der Waals surface area contributed by atoms with Crippen molar-refractivity contribution in [2.75, 3.05) is 6.54 Å². The van der Waals surface area contributed by atoms with E-state index in [1.807, 2.05) is 31.2 Å². The smallest absolute Gasteiger partial charge is 0.207 e. The molecule has 0 spiro atoms. The zero-order valence-corrected chi connectivity index (χ0v) is 16.4. The lowest BCUT2D eigenvalue weighted by Crippen LogP contribution is -2.31. The van der Waals surface area contributed by atoms with Crippen molar-refractivity contribution in [2.45, 2.75) is 51.0 Å². The van der Waals surface area contributed by atoms with Crippen LogP contribution in [0.25, 0.3) is 0 Å². The minimum absolute atomic E-state index is 0.366. The number of hydrogen-bond donors (Lipinski definition) is 0. The average molecular weight is 370 g/mol. The third-order valence-corrected chi connectivity index (χ3v) is 6.82. The Hall–Kier alpha value is -1.91. The Morgan fingerprint density at radius 2 is 1.65 bits per heavy atom. The molecule has 0 amide bonds. The first-order valence-electron chi connectivity index (χ1n) is 9.32. The molecule has 0 aliphatic carbocycles. The Bertz CT molecular complexity index is 883. The highest BCUT2D eigenvalue weighted by atomic mass is 32.2. The summed E-state index contributed by atoms with van der Waals surface area (Å²) in [5, 5.41) is 0. The average Bonchev–Trinajstić information content (AvgIpc) is 2.72. The maximum absolute atomic E-state index is 13.2. The lowest BCUT2D eigenvalue weighted by molar-refractivity contribution is 0.437. The number of sulfonamides is 1. The third kappa shape index (κ3) is 4.25. The van der Waals surface area contributed by atoms with Gasteiger partial charge >= 0.3 is 0 Å². The number of nitrogens with zero attached hydrogens (tertiary/aromatic N) is 1. The van der Waals surface area contributed by atoms with E-state index in [1.165, 1.54) is 11.1 Å². The minimum Gasteiger partial charge on any atom is -0.207 e. The van der Waals surface area contributed by atoms with Crippen molar-refractivity contribution in [3.8, 4) is 0 Å². The molecule has 2 aromatic rings. The van der Waals surface area contributed by atoms with E-state index in [1.54, 1.807) is 16.4 Å². The van der Waals surface area contributed by atoms with Crippen molar-refractivity contribution >= 4 is 10.0 Å². The van der Waals surface area contributed by atoms with Gasteiger partial charge in [-0.2, -0.15) is 4.31 Å². The van der Waals surface area contributed by atoms with Crippen molar-refractivity contribution < 1.29 is 8.42 Å². The third-order valence-electron chi connectivity index (χ3n) is 4.99. The van der Waals surface area contributed by atoms with E-state index in [4.69, 9.17) is 0 Å². The van der Waals surface area contributed by atoms with E-state index in [9.17, 15) is 8.42 Å². The number of allylic oxidation sites excluding steroid dienone is 1. The molecule has 0 fully saturated rings. The molecule has 1 heterocycles. The maximum atomic E-state index is 13.2. The maximum Gasteiger partial charge on any atom is 0.243 e. The molecule has 0 aromatic heterocycles. The van der Waals surface area contributed by atoms with Gasteiger partial charge in [0, 0.05) is 13.1 Å². The molecule has 0 N–H and O–H groups in total. The molecule has 1 aliphatic rings. The monoisotopic (exact) mass is 369 g/mol. The molecule has 0 bridgehead atoms. The first kappa shape index (κ1) is 18.9. The van der Waals surface area contributed by atoms with Gasteiger partial charge in [-0.25, -0.2) is 8.42 Å². The quantitative estimate of drug-likeness (QED) is 0.722. The number of rotatable bonds is 4. The van der Waals surface area contributed by atoms with E-state index in [0.717, 1.165) is 36.8 Å². The van der Waals surface area contributed by atoms with Gasteiger partial charge in [-0.1, -0.05) is 67.0 Å². The summed E-state index contributed by atoms with van der Waals surface area (Å²) in [6.45, 7) is 4.98. The summed E-state index contributed by atoms with van der Waals surface area (Å²) in [7, 11) is -3.53. The molecular formula is C22H27NO2S. The predicted octanol–water partition coefficient (Wildman–Crippen LogP) is 4.86. The molecule has 3 rings (SSSR count). The van der Waals surface area contributed by atoms with Crippen LogP contribution in [0.4, 0.5) is 0 Å². The molecule has 4 heteroatoms. The van der Waals surface area contributed by atoms with Crippen LogP contribution in [0.2, 0.25) is 0 Å². The summed E-state index contributed by atoms with van der Waals surface area (Å²) >= 11 is 0. The fourth-order valence-corrected chi connectivity index (χ4v) is 4.79. The van der Waals surface area contributed by atoms with Crippen LogP contribution in [-0.2, 0) is 23.0 Å². The van der Waals surface area contributed by atoms with Crippen LogP contribution in [0.15, 0.2) is 65.1 Å². The Morgan fingerprint density at radius 1 is 0.962 bits per heavy atom. The summed E-state index contributed by atoms with van der Waals surface area (Å²) in [6.07, 6.45) is 6.21. The number of aryl methyl sites for hydroxylation is 2. The van der Waals surface area contributed by atoms with Crippen LogP contribution >= 0.6 is 0 Å². The SMILES string of the molecule is CCC/C1=C\CN(S(=O)(=O)c2ccc(C)cc2)Cc2ccccc2CC1. The largest absolute Gasteiger partial charge is 0.243 e. The van der Waals surface area contributed by atoms with Crippen LogP contribution in [0.5, 0.6) is 0 Å². The second-order valence-corrected chi connectivity index (χ2v) is 8.93. The van der Waals surface area contributed by atoms with Crippen LogP contribution in [-0.4, -0.2) is 19.3 Å². The molecule has 3 nitrogen and oxygen atoms in total. The van der Waals surface area contributed by atoms with E-state index in [-0.39, 0.29) is 0 Å². The second kappa shape index (κ2) is 8.19. The highest BCUT2D eigenvalue weighted by Gasteiger charge is 2.25.